The molecule has 1 rings (SSSR count). The van der Waals surface area contributed by atoms with E-state index >= 15 is 0 Å². The number of amides is 2. The van der Waals surface area contributed by atoms with Gasteiger partial charge in [-0.25, -0.2) is 17.9 Å². The third kappa shape index (κ3) is 8.76. The van der Waals surface area contributed by atoms with Crippen LogP contribution in [0.4, 0.5) is 10.5 Å². The SMILES string of the molecule is CCCCCCCCOc1cc(NC(=O)NS(C)(=O)=O)ccc1C. The summed E-state index contributed by atoms with van der Waals surface area (Å²) in [5.74, 6) is 0.695. The third-order valence-electron chi connectivity index (χ3n) is 3.48. The zero-order chi connectivity index (χ0) is 18.0. The molecule has 0 aromatic heterocycles. The number of aryl methyl sites for hydroxylation is 1. The lowest BCUT2D eigenvalue weighted by molar-refractivity contribution is 0.256. The standard InChI is InChI=1S/C17H28N2O4S/c1-4-5-6-7-8-9-12-23-16-13-15(11-10-14(16)2)18-17(20)19-24(3,21)22/h10-11,13H,4-9,12H2,1-3H3,(H2,18,19,20). The highest BCUT2D eigenvalue weighted by molar-refractivity contribution is 7.89. The number of anilines is 1. The minimum absolute atomic E-state index is 0.486. The molecule has 0 aliphatic heterocycles. The van der Waals surface area contributed by atoms with Crippen LogP contribution in [0.5, 0.6) is 5.75 Å². The molecule has 0 radical (unpaired) electrons. The van der Waals surface area contributed by atoms with Crippen LogP contribution in [0.15, 0.2) is 18.2 Å². The Balaban J connectivity index is 2.46. The second-order valence-corrected chi connectivity index (χ2v) is 7.67. The molecular formula is C17H28N2O4S. The fourth-order valence-corrected chi connectivity index (χ4v) is 2.61. The molecule has 0 spiro atoms. The van der Waals surface area contributed by atoms with Crippen LogP contribution < -0.4 is 14.8 Å². The Kier molecular flexibility index (Phi) is 8.60. The van der Waals surface area contributed by atoms with Crippen LogP contribution in [0.25, 0.3) is 0 Å². The molecule has 2 amide bonds. The first kappa shape index (κ1) is 20.3. The van der Waals surface area contributed by atoms with Gasteiger partial charge in [0.05, 0.1) is 12.9 Å². The molecule has 7 heteroatoms. The first-order valence-electron chi connectivity index (χ1n) is 8.34. The summed E-state index contributed by atoms with van der Waals surface area (Å²) in [6.45, 7) is 4.76. The van der Waals surface area contributed by atoms with Crippen molar-refractivity contribution in [1.29, 1.82) is 0 Å². The van der Waals surface area contributed by atoms with E-state index in [0.29, 0.717) is 18.0 Å². The van der Waals surface area contributed by atoms with Crippen molar-refractivity contribution in [3.8, 4) is 5.75 Å². The number of sulfonamides is 1. The van der Waals surface area contributed by atoms with Gasteiger partial charge in [-0.05, 0) is 25.0 Å². The molecule has 0 bridgehead atoms. The van der Waals surface area contributed by atoms with Crippen molar-refractivity contribution in [3.05, 3.63) is 23.8 Å². The number of rotatable bonds is 10. The van der Waals surface area contributed by atoms with Gasteiger partial charge in [0, 0.05) is 11.8 Å². The Morgan fingerprint density at radius 3 is 2.46 bits per heavy atom. The van der Waals surface area contributed by atoms with Crippen LogP contribution in [-0.2, 0) is 10.0 Å². The molecule has 1 aromatic rings. The topological polar surface area (TPSA) is 84.5 Å². The molecule has 0 aliphatic rings. The first-order chi connectivity index (χ1) is 11.3. The maximum Gasteiger partial charge on any atom is 0.332 e. The maximum absolute atomic E-state index is 11.6. The van der Waals surface area contributed by atoms with Gasteiger partial charge in [0.15, 0.2) is 0 Å². The molecule has 24 heavy (non-hydrogen) atoms. The van der Waals surface area contributed by atoms with Crippen LogP contribution in [0.2, 0.25) is 0 Å². The summed E-state index contributed by atoms with van der Waals surface area (Å²) in [7, 11) is -3.58. The van der Waals surface area contributed by atoms with Gasteiger partial charge in [0.1, 0.15) is 5.75 Å². The summed E-state index contributed by atoms with van der Waals surface area (Å²) >= 11 is 0. The number of carbonyl (C=O) groups excluding carboxylic acids is 1. The number of unbranched alkanes of at least 4 members (excludes halogenated alkanes) is 5. The largest absolute Gasteiger partial charge is 0.493 e. The summed E-state index contributed by atoms with van der Waals surface area (Å²) in [6, 6.07) is 4.44. The van der Waals surface area contributed by atoms with Gasteiger partial charge in [-0.3, -0.25) is 0 Å². The summed E-state index contributed by atoms with van der Waals surface area (Å²) in [6.07, 6.45) is 8.08. The number of ether oxygens (including phenoxy) is 1. The second-order valence-electron chi connectivity index (χ2n) is 5.92. The van der Waals surface area contributed by atoms with E-state index in [0.717, 1.165) is 24.7 Å². The van der Waals surface area contributed by atoms with Crippen molar-refractivity contribution < 1.29 is 17.9 Å². The average molecular weight is 356 g/mol. The van der Waals surface area contributed by atoms with E-state index in [-0.39, 0.29) is 0 Å². The number of carbonyl (C=O) groups is 1. The van der Waals surface area contributed by atoms with Crippen molar-refractivity contribution in [1.82, 2.24) is 4.72 Å². The molecule has 6 nitrogen and oxygen atoms in total. The van der Waals surface area contributed by atoms with E-state index in [1.54, 1.807) is 12.1 Å². The first-order valence-corrected chi connectivity index (χ1v) is 10.2. The lowest BCUT2D eigenvalue weighted by atomic mass is 10.1. The Hall–Kier alpha value is -1.76. The zero-order valence-electron chi connectivity index (χ0n) is 14.7. The third-order valence-corrected chi connectivity index (χ3v) is 4.04. The van der Waals surface area contributed by atoms with E-state index in [4.69, 9.17) is 4.74 Å². The monoisotopic (exact) mass is 356 g/mol. The van der Waals surface area contributed by atoms with E-state index in [1.165, 1.54) is 25.7 Å². The molecule has 136 valence electrons. The number of hydrogen-bond acceptors (Lipinski definition) is 4. The van der Waals surface area contributed by atoms with Crippen molar-refractivity contribution in [3.63, 3.8) is 0 Å². The predicted molar refractivity (Wildman–Crippen MR) is 97.0 cm³/mol. The van der Waals surface area contributed by atoms with Gasteiger partial charge in [-0.2, -0.15) is 0 Å². The molecule has 0 saturated heterocycles. The molecule has 0 unspecified atom stereocenters. The Labute approximate surface area is 145 Å². The van der Waals surface area contributed by atoms with Gasteiger partial charge in [0.25, 0.3) is 0 Å². The van der Waals surface area contributed by atoms with Crippen molar-refractivity contribution >= 4 is 21.7 Å². The van der Waals surface area contributed by atoms with Crippen LogP contribution in [0.1, 0.15) is 51.0 Å². The highest BCUT2D eigenvalue weighted by Gasteiger charge is 2.09. The molecular weight excluding hydrogens is 328 g/mol. The summed E-state index contributed by atoms with van der Waals surface area (Å²) in [4.78, 5) is 11.6. The number of urea groups is 1. The van der Waals surface area contributed by atoms with Crippen molar-refractivity contribution in [2.45, 2.75) is 52.4 Å². The molecule has 0 saturated carbocycles. The Morgan fingerprint density at radius 1 is 1.12 bits per heavy atom. The molecule has 1 aromatic carbocycles. The number of hydrogen-bond donors (Lipinski definition) is 2. The second kappa shape index (κ2) is 10.2. The highest BCUT2D eigenvalue weighted by Crippen LogP contribution is 2.23. The average Bonchev–Trinajstić information content (AvgIpc) is 2.47. The van der Waals surface area contributed by atoms with Gasteiger partial charge in [0.2, 0.25) is 10.0 Å². The molecule has 0 aliphatic carbocycles. The lowest BCUT2D eigenvalue weighted by Gasteiger charge is -2.12. The fourth-order valence-electron chi connectivity index (χ4n) is 2.22. The minimum atomic E-state index is -3.58. The van der Waals surface area contributed by atoms with Gasteiger partial charge in [-0.15, -0.1) is 0 Å². The smallest absolute Gasteiger partial charge is 0.332 e. The van der Waals surface area contributed by atoms with Crippen LogP contribution in [0.3, 0.4) is 0 Å². The number of nitrogens with one attached hydrogen (secondary N) is 2. The highest BCUT2D eigenvalue weighted by atomic mass is 32.2. The summed E-state index contributed by atoms with van der Waals surface area (Å²) in [5, 5.41) is 2.48. The minimum Gasteiger partial charge on any atom is -0.493 e. The summed E-state index contributed by atoms with van der Waals surface area (Å²) < 4.78 is 29.7. The van der Waals surface area contributed by atoms with Crippen molar-refractivity contribution in [2.75, 3.05) is 18.2 Å². The zero-order valence-corrected chi connectivity index (χ0v) is 15.5. The molecule has 0 atom stereocenters. The lowest BCUT2D eigenvalue weighted by Crippen LogP contribution is -2.33. The summed E-state index contributed by atoms with van der Waals surface area (Å²) in [5.41, 5.74) is 1.45. The fraction of sp³-hybridized carbons (Fsp3) is 0.588. The molecule has 0 heterocycles. The van der Waals surface area contributed by atoms with Gasteiger partial charge >= 0.3 is 6.03 Å². The normalized spacial score (nSPS) is 11.1. The van der Waals surface area contributed by atoms with Gasteiger partial charge < -0.3 is 10.1 Å². The quantitative estimate of drug-likeness (QED) is 0.624. The predicted octanol–water partition coefficient (Wildman–Crippen LogP) is 3.82. The van der Waals surface area contributed by atoms with Gasteiger partial charge in [-0.1, -0.05) is 45.1 Å². The van der Waals surface area contributed by atoms with E-state index in [9.17, 15) is 13.2 Å². The van der Waals surface area contributed by atoms with Crippen LogP contribution in [-0.4, -0.2) is 27.3 Å². The van der Waals surface area contributed by atoms with Crippen LogP contribution in [0, 0.1) is 6.92 Å². The van der Waals surface area contributed by atoms with E-state index in [1.807, 2.05) is 17.7 Å². The van der Waals surface area contributed by atoms with Crippen molar-refractivity contribution in [2.24, 2.45) is 0 Å². The maximum atomic E-state index is 11.6. The van der Waals surface area contributed by atoms with E-state index in [2.05, 4.69) is 12.2 Å². The molecule has 0 fully saturated rings. The van der Waals surface area contributed by atoms with E-state index < -0.39 is 16.1 Å². The molecule has 2 N–H and O–H groups in total. The Bertz CT molecular complexity index is 629. The Morgan fingerprint density at radius 2 is 1.79 bits per heavy atom. The van der Waals surface area contributed by atoms with Crippen LogP contribution >= 0.6 is 0 Å². The number of benzene rings is 1.